The highest BCUT2D eigenvalue weighted by Gasteiger charge is 2.63. The van der Waals surface area contributed by atoms with Crippen LogP contribution in [0.25, 0.3) is 0 Å². The number of rotatable bonds is 7. The van der Waals surface area contributed by atoms with Crippen LogP contribution in [0, 0.1) is 17.8 Å². The molecule has 4 heteroatoms. The van der Waals surface area contributed by atoms with Gasteiger partial charge in [0.25, 0.3) is 0 Å². The summed E-state index contributed by atoms with van der Waals surface area (Å²) in [6, 6.07) is 0. The van der Waals surface area contributed by atoms with E-state index in [0.29, 0.717) is 5.92 Å². The third kappa shape index (κ3) is 2.59. The van der Waals surface area contributed by atoms with Crippen LogP contribution < -0.4 is 0 Å². The molecule has 2 bridgehead atoms. The number of hydrogen-bond donors (Lipinski definition) is 1. The Morgan fingerprint density at radius 1 is 1.19 bits per heavy atom. The standard InChI is InChI=1S/C17H26F2OS/c1-11(2)16(18,15-10-13-5-6-14(15)9-13)17(19,12(3)4)21-8-7-20/h13-15,20H,1,3,5-10H2,2,4H3. The Morgan fingerprint density at radius 2 is 1.86 bits per heavy atom. The van der Waals surface area contributed by atoms with Gasteiger partial charge in [0.05, 0.1) is 6.61 Å². The van der Waals surface area contributed by atoms with Crippen molar-refractivity contribution >= 4 is 11.8 Å². The van der Waals surface area contributed by atoms with Gasteiger partial charge in [0.2, 0.25) is 5.00 Å². The van der Waals surface area contributed by atoms with Crippen LogP contribution in [-0.4, -0.2) is 28.1 Å². The average Bonchev–Trinajstić information content (AvgIpc) is 3.05. The summed E-state index contributed by atoms with van der Waals surface area (Å²) in [5, 5.41) is 6.81. The molecule has 2 aliphatic carbocycles. The molecule has 1 N–H and O–H groups in total. The van der Waals surface area contributed by atoms with Crippen LogP contribution in [0.3, 0.4) is 0 Å². The van der Waals surface area contributed by atoms with Gasteiger partial charge in [-0.25, -0.2) is 8.78 Å². The number of aliphatic hydroxyl groups excluding tert-OH is 1. The van der Waals surface area contributed by atoms with E-state index in [4.69, 9.17) is 5.11 Å². The number of allylic oxidation sites excluding steroid dienone is 1. The quantitative estimate of drug-likeness (QED) is 0.689. The SMILES string of the molecule is C=C(C)C(F)(SCCO)C(F)(C(=C)C)C1CC2CCC1C2. The number of aliphatic hydroxyl groups is 1. The van der Waals surface area contributed by atoms with E-state index >= 15 is 8.78 Å². The van der Waals surface area contributed by atoms with Gasteiger partial charge in [-0.3, -0.25) is 0 Å². The normalized spacial score (nSPS) is 33.5. The number of thioether (sulfide) groups is 1. The first-order chi connectivity index (χ1) is 9.77. The van der Waals surface area contributed by atoms with Gasteiger partial charge in [-0.15, -0.1) is 11.8 Å². The van der Waals surface area contributed by atoms with Crippen LogP contribution in [0.4, 0.5) is 8.78 Å². The lowest BCUT2D eigenvalue weighted by molar-refractivity contribution is 0.00117. The summed E-state index contributed by atoms with van der Waals surface area (Å²) >= 11 is 0.829. The van der Waals surface area contributed by atoms with Crippen molar-refractivity contribution in [2.75, 3.05) is 12.4 Å². The Kier molecular flexibility index (Phi) is 4.89. The molecule has 2 fully saturated rings. The van der Waals surface area contributed by atoms with Crippen LogP contribution in [0.5, 0.6) is 0 Å². The molecule has 0 aromatic rings. The lowest BCUT2D eigenvalue weighted by atomic mass is 9.70. The van der Waals surface area contributed by atoms with Gasteiger partial charge in [0.15, 0.2) is 5.67 Å². The molecule has 1 nitrogen and oxygen atoms in total. The second-order valence-electron chi connectivity index (χ2n) is 6.72. The largest absolute Gasteiger partial charge is 0.396 e. The van der Waals surface area contributed by atoms with Crippen LogP contribution >= 0.6 is 11.8 Å². The van der Waals surface area contributed by atoms with E-state index in [1.54, 1.807) is 6.92 Å². The van der Waals surface area contributed by atoms with E-state index in [9.17, 15) is 0 Å². The summed E-state index contributed by atoms with van der Waals surface area (Å²) in [5.41, 5.74) is -1.68. The molecule has 0 aromatic carbocycles. The highest BCUT2D eigenvalue weighted by molar-refractivity contribution is 8.00. The number of hydrogen-bond acceptors (Lipinski definition) is 2. The van der Waals surface area contributed by atoms with Crippen LogP contribution in [-0.2, 0) is 0 Å². The van der Waals surface area contributed by atoms with Crippen molar-refractivity contribution in [1.29, 1.82) is 0 Å². The maximum Gasteiger partial charge on any atom is 0.215 e. The Bertz CT molecular complexity index is 439. The first-order valence-corrected chi connectivity index (χ1v) is 8.70. The Balaban J connectivity index is 2.39. The molecule has 2 rings (SSSR count). The third-order valence-corrected chi connectivity index (χ3v) is 6.71. The molecule has 0 spiro atoms. The monoisotopic (exact) mass is 316 g/mol. The zero-order valence-electron chi connectivity index (χ0n) is 13.0. The summed E-state index contributed by atoms with van der Waals surface area (Å²) in [6.45, 7) is 10.4. The summed E-state index contributed by atoms with van der Waals surface area (Å²) in [5.74, 6) is 0.623. The van der Waals surface area contributed by atoms with E-state index in [2.05, 4.69) is 13.2 Å². The van der Waals surface area contributed by atoms with Gasteiger partial charge in [0.1, 0.15) is 0 Å². The molecular formula is C17H26F2OS. The van der Waals surface area contributed by atoms with Crippen LogP contribution in [0.2, 0.25) is 0 Å². The highest BCUT2D eigenvalue weighted by atomic mass is 32.2. The van der Waals surface area contributed by atoms with Gasteiger partial charge in [-0.1, -0.05) is 19.6 Å². The van der Waals surface area contributed by atoms with Crippen molar-refractivity contribution in [1.82, 2.24) is 0 Å². The number of halogens is 2. The van der Waals surface area contributed by atoms with E-state index in [-0.39, 0.29) is 35.3 Å². The molecule has 5 unspecified atom stereocenters. The van der Waals surface area contributed by atoms with Crippen LogP contribution in [0.15, 0.2) is 24.3 Å². The van der Waals surface area contributed by atoms with Gasteiger partial charge in [0, 0.05) is 11.7 Å². The van der Waals surface area contributed by atoms with Crippen molar-refractivity contribution in [2.45, 2.75) is 50.2 Å². The van der Waals surface area contributed by atoms with Crippen molar-refractivity contribution in [3.05, 3.63) is 24.3 Å². The number of fused-ring (bicyclic) bond motifs is 2. The molecule has 0 aliphatic heterocycles. The van der Waals surface area contributed by atoms with Crippen molar-refractivity contribution in [2.24, 2.45) is 17.8 Å². The predicted molar refractivity (Wildman–Crippen MR) is 85.8 cm³/mol. The molecule has 120 valence electrons. The lowest BCUT2D eigenvalue weighted by Gasteiger charge is -2.46. The molecule has 0 heterocycles. The van der Waals surface area contributed by atoms with Gasteiger partial charge in [-0.2, -0.15) is 0 Å². The molecule has 21 heavy (non-hydrogen) atoms. The van der Waals surface area contributed by atoms with Gasteiger partial charge >= 0.3 is 0 Å². The van der Waals surface area contributed by atoms with E-state index in [1.807, 2.05) is 0 Å². The third-order valence-electron chi connectivity index (χ3n) is 5.28. The molecule has 0 amide bonds. The topological polar surface area (TPSA) is 20.2 Å². The lowest BCUT2D eigenvalue weighted by Crippen LogP contribution is -2.53. The molecule has 2 saturated carbocycles. The first-order valence-electron chi connectivity index (χ1n) is 7.72. The van der Waals surface area contributed by atoms with Gasteiger partial charge < -0.3 is 5.11 Å². The fourth-order valence-electron chi connectivity index (χ4n) is 4.29. The second-order valence-corrected chi connectivity index (χ2v) is 7.98. The van der Waals surface area contributed by atoms with Crippen LogP contribution in [0.1, 0.15) is 39.5 Å². The average molecular weight is 316 g/mol. The second kappa shape index (κ2) is 6.04. The molecule has 2 aliphatic rings. The summed E-state index contributed by atoms with van der Waals surface area (Å²) < 4.78 is 31.8. The summed E-state index contributed by atoms with van der Waals surface area (Å²) in [6.07, 6.45) is 3.89. The highest BCUT2D eigenvalue weighted by Crippen LogP contribution is 2.61. The van der Waals surface area contributed by atoms with Crippen molar-refractivity contribution in [3.63, 3.8) is 0 Å². The zero-order valence-corrected chi connectivity index (χ0v) is 13.8. The minimum absolute atomic E-state index is 0.156. The Labute approximate surface area is 130 Å². The maximum atomic E-state index is 16.1. The summed E-state index contributed by atoms with van der Waals surface area (Å²) in [4.78, 5) is 0. The van der Waals surface area contributed by atoms with E-state index < -0.39 is 10.7 Å². The summed E-state index contributed by atoms with van der Waals surface area (Å²) in [7, 11) is 0. The Hall–Kier alpha value is -0.350. The van der Waals surface area contributed by atoms with Crippen molar-refractivity contribution in [3.8, 4) is 0 Å². The molecule has 5 atom stereocenters. The fourth-order valence-corrected chi connectivity index (χ4v) is 5.44. The maximum absolute atomic E-state index is 16.1. The van der Waals surface area contributed by atoms with E-state index in [0.717, 1.165) is 37.4 Å². The molecular weight excluding hydrogens is 290 g/mol. The fraction of sp³-hybridized carbons (Fsp3) is 0.765. The minimum atomic E-state index is -2.21. The molecule has 0 aromatic heterocycles. The predicted octanol–water partition coefficient (Wildman–Crippen LogP) is 4.67. The Morgan fingerprint density at radius 3 is 2.24 bits per heavy atom. The minimum Gasteiger partial charge on any atom is -0.396 e. The smallest absolute Gasteiger partial charge is 0.215 e. The van der Waals surface area contributed by atoms with Crippen molar-refractivity contribution < 1.29 is 13.9 Å². The number of alkyl halides is 2. The van der Waals surface area contributed by atoms with E-state index in [1.165, 1.54) is 6.92 Å². The first kappa shape index (κ1) is 17.0. The molecule has 0 radical (unpaired) electrons. The van der Waals surface area contributed by atoms with Gasteiger partial charge in [-0.05, 0) is 56.1 Å². The zero-order chi connectivity index (χ0) is 15.8. The molecule has 0 saturated heterocycles.